The number of halogens is 4. The van der Waals surface area contributed by atoms with Crippen molar-refractivity contribution in [3.05, 3.63) is 85.8 Å². The SMILES string of the molecule is CC(C)(C)C[C@H]1N[C@H](C(=O)NC(Cc2cscn2)C(=O)O)[C@@H](c2cccc(Cl)c2F)[C@]1(C#N)c1ccc(Cl)cc1F. The lowest BCUT2D eigenvalue weighted by molar-refractivity contribution is -0.142. The van der Waals surface area contributed by atoms with Gasteiger partial charge in [-0.25, -0.2) is 18.6 Å². The molecule has 1 fully saturated rings. The Bertz CT molecular complexity index is 1490. The zero-order valence-corrected chi connectivity index (χ0v) is 24.7. The van der Waals surface area contributed by atoms with Gasteiger partial charge in [0.15, 0.2) is 0 Å². The van der Waals surface area contributed by atoms with Gasteiger partial charge in [0.2, 0.25) is 5.91 Å². The average molecular weight is 622 g/mol. The summed E-state index contributed by atoms with van der Waals surface area (Å²) >= 11 is 13.5. The Balaban J connectivity index is 1.91. The number of carboxylic acid groups (broad SMARTS) is 1. The molecule has 1 unspecified atom stereocenters. The fourth-order valence-corrected chi connectivity index (χ4v) is 6.48. The molecule has 0 saturated carbocycles. The Morgan fingerprint density at radius 3 is 2.59 bits per heavy atom. The summed E-state index contributed by atoms with van der Waals surface area (Å²) in [5, 5.41) is 28.0. The van der Waals surface area contributed by atoms with Gasteiger partial charge in [0.1, 0.15) is 23.1 Å². The molecule has 3 aromatic rings. The Kier molecular flexibility index (Phi) is 9.04. The molecule has 1 aromatic heterocycles. The Morgan fingerprint density at radius 1 is 1.27 bits per heavy atom. The van der Waals surface area contributed by atoms with Gasteiger partial charge in [0.25, 0.3) is 0 Å². The standard InChI is InChI=1S/C29H28Cl2F2N4O3S/c1-28(2,3)11-22-29(13-34,18-8-7-15(30)9-20(18)32)23(17-5-4-6-19(31)24(17)33)25(37-22)26(38)36-21(27(39)40)10-16-12-41-14-35-16/h4-9,12,14,21-23,25,37H,10-11H2,1-3H3,(H,36,38)(H,39,40)/t21?,22-,23-,25+,29-/m1/s1. The second kappa shape index (κ2) is 12.0. The van der Waals surface area contributed by atoms with E-state index in [0.717, 1.165) is 6.07 Å². The van der Waals surface area contributed by atoms with Gasteiger partial charge < -0.3 is 15.7 Å². The lowest BCUT2D eigenvalue weighted by Crippen LogP contribution is -2.51. The summed E-state index contributed by atoms with van der Waals surface area (Å²) < 4.78 is 31.4. The Labute approximate surface area is 250 Å². The van der Waals surface area contributed by atoms with E-state index < -0.39 is 58.4 Å². The van der Waals surface area contributed by atoms with Crippen LogP contribution in [0.5, 0.6) is 0 Å². The normalized spacial score (nSPS) is 23.1. The topological polar surface area (TPSA) is 115 Å². The molecular formula is C29H28Cl2F2N4O3S. The van der Waals surface area contributed by atoms with Crippen molar-refractivity contribution in [3.63, 3.8) is 0 Å². The lowest BCUT2D eigenvalue weighted by Gasteiger charge is -2.37. The highest BCUT2D eigenvalue weighted by Crippen LogP contribution is 2.52. The largest absolute Gasteiger partial charge is 0.480 e. The first-order valence-corrected chi connectivity index (χ1v) is 14.5. The van der Waals surface area contributed by atoms with Crippen LogP contribution in [0.15, 0.2) is 47.3 Å². The van der Waals surface area contributed by atoms with Gasteiger partial charge in [-0.3, -0.25) is 4.79 Å². The molecule has 0 aliphatic carbocycles. The molecule has 0 spiro atoms. The highest BCUT2D eigenvalue weighted by molar-refractivity contribution is 7.07. The van der Waals surface area contributed by atoms with Crippen LogP contribution in [0.4, 0.5) is 8.78 Å². The van der Waals surface area contributed by atoms with E-state index in [1.807, 2.05) is 20.8 Å². The second-order valence-electron chi connectivity index (χ2n) is 11.3. The first kappa shape index (κ1) is 30.8. The van der Waals surface area contributed by atoms with Gasteiger partial charge >= 0.3 is 5.97 Å². The Hall–Kier alpha value is -3.10. The fourth-order valence-electron chi connectivity index (χ4n) is 5.57. The van der Waals surface area contributed by atoms with Gasteiger partial charge in [-0.2, -0.15) is 5.26 Å². The number of nitrogens with one attached hydrogen (secondary N) is 2. The van der Waals surface area contributed by atoms with Crippen LogP contribution in [-0.4, -0.2) is 40.1 Å². The van der Waals surface area contributed by atoms with E-state index >= 15 is 8.78 Å². The van der Waals surface area contributed by atoms with Crippen molar-refractivity contribution in [2.24, 2.45) is 5.41 Å². The summed E-state index contributed by atoms with van der Waals surface area (Å²) in [5.41, 5.74) is -0.361. The third-order valence-electron chi connectivity index (χ3n) is 7.24. The number of hydrogen-bond donors (Lipinski definition) is 3. The van der Waals surface area contributed by atoms with E-state index in [4.69, 9.17) is 23.2 Å². The molecule has 5 atom stereocenters. The number of nitriles is 1. The molecule has 7 nitrogen and oxygen atoms in total. The van der Waals surface area contributed by atoms with E-state index in [1.165, 1.54) is 41.7 Å². The minimum atomic E-state index is -1.82. The predicted molar refractivity (Wildman–Crippen MR) is 153 cm³/mol. The number of thiazole rings is 1. The van der Waals surface area contributed by atoms with Gasteiger partial charge in [0.05, 0.1) is 28.3 Å². The van der Waals surface area contributed by atoms with Crippen LogP contribution in [0.3, 0.4) is 0 Å². The van der Waals surface area contributed by atoms with Crippen LogP contribution >= 0.6 is 34.5 Å². The molecule has 41 heavy (non-hydrogen) atoms. The molecule has 1 amide bonds. The molecule has 0 radical (unpaired) electrons. The number of carbonyl (C=O) groups is 2. The van der Waals surface area contributed by atoms with E-state index in [9.17, 15) is 20.0 Å². The number of aliphatic carboxylic acids is 1. The number of carbonyl (C=O) groups excluding carboxylic acids is 1. The summed E-state index contributed by atoms with van der Waals surface area (Å²) in [4.78, 5) is 30.1. The second-order valence-corrected chi connectivity index (χ2v) is 12.8. The van der Waals surface area contributed by atoms with Gasteiger partial charge in [-0.05, 0) is 35.6 Å². The van der Waals surface area contributed by atoms with Crippen molar-refractivity contribution in [1.82, 2.24) is 15.6 Å². The third kappa shape index (κ3) is 6.24. The molecule has 1 aliphatic heterocycles. The molecule has 1 saturated heterocycles. The van der Waals surface area contributed by atoms with E-state index in [0.29, 0.717) is 5.69 Å². The minimum Gasteiger partial charge on any atom is -0.480 e. The molecule has 2 heterocycles. The molecule has 0 bridgehead atoms. The predicted octanol–water partition coefficient (Wildman–Crippen LogP) is 5.86. The summed E-state index contributed by atoms with van der Waals surface area (Å²) in [6.07, 6.45) is 0.195. The molecule has 3 N–H and O–H groups in total. The zero-order valence-electron chi connectivity index (χ0n) is 22.4. The van der Waals surface area contributed by atoms with Crippen LogP contribution in [0, 0.1) is 28.4 Å². The lowest BCUT2D eigenvalue weighted by atomic mass is 9.62. The van der Waals surface area contributed by atoms with Crippen molar-refractivity contribution >= 4 is 46.4 Å². The average Bonchev–Trinajstić information content (AvgIpc) is 3.51. The number of amides is 1. The summed E-state index contributed by atoms with van der Waals surface area (Å²) in [6, 6.07) is 6.79. The van der Waals surface area contributed by atoms with Crippen molar-refractivity contribution < 1.29 is 23.5 Å². The van der Waals surface area contributed by atoms with Crippen molar-refractivity contribution in [2.75, 3.05) is 0 Å². The third-order valence-corrected chi connectivity index (χ3v) is 8.41. The van der Waals surface area contributed by atoms with Crippen LogP contribution in [-0.2, 0) is 21.4 Å². The van der Waals surface area contributed by atoms with Crippen LogP contribution in [0.1, 0.15) is 49.9 Å². The van der Waals surface area contributed by atoms with Crippen LogP contribution in [0.2, 0.25) is 10.0 Å². The highest BCUT2D eigenvalue weighted by atomic mass is 35.5. The molecular weight excluding hydrogens is 593 g/mol. The summed E-state index contributed by atoms with van der Waals surface area (Å²) in [7, 11) is 0. The maximum absolute atomic E-state index is 15.7. The monoisotopic (exact) mass is 620 g/mol. The number of carboxylic acids is 1. The smallest absolute Gasteiger partial charge is 0.326 e. The molecule has 216 valence electrons. The number of nitrogens with zero attached hydrogens (tertiary/aromatic N) is 2. The minimum absolute atomic E-state index is 0.0666. The van der Waals surface area contributed by atoms with Crippen LogP contribution in [0.25, 0.3) is 0 Å². The van der Waals surface area contributed by atoms with Gasteiger partial charge in [0, 0.05) is 34.3 Å². The highest BCUT2D eigenvalue weighted by Gasteiger charge is 2.61. The quantitative estimate of drug-likeness (QED) is 0.290. The van der Waals surface area contributed by atoms with Crippen LogP contribution < -0.4 is 10.6 Å². The first-order valence-electron chi connectivity index (χ1n) is 12.8. The van der Waals surface area contributed by atoms with Crippen molar-refractivity contribution in [1.29, 1.82) is 5.26 Å². The van der Waals surface area contributed by atoms with Gasteiger partial charge in [-0.15, -0.1) is 11.3 Å². The number of benzene rings is 2. The maximum atomic E-state index is 15.7. The van der Waals surface area contributed by atoms with Gasteiger partial charge in [-0.1, -0.05) is 62.2 Å². The molecule has 1 aliphatic rings. The van der Waals surface area contributed by atoms with Crippen molar-refractivity contribution in [3.8, 4) is 6.07 Å². The molecule has 12 heteroatoms. The van der Waals surface area contributed by atoms with E-state index in [-0.39, 0.29) is 34.0 Å². The first-order chi connectivity index (χ1) is 19.3. The number of rotatable bonds is 8. The molecule has 4 rings (SSSR count). The maximum Gasteiger partial charge on any atom is 0.326 e. The van der Waals surface area contributed by atoms with E-state index in [1.54, 1.807) is 10.9 Å². The number of hydrogen-bond acceptors (Lipinski definition) is 6. The molecule has 2 aromatic carbocycles. The summed E-state index contributed by atoms with van der Waals surface area (Å²) in [5.74, 6) is -5.04. The van der Waals surface area contributed by atoms with Crippen molar-refractivity contribution in [2.45, 2.75) is 63.1 Å². The summed E-state index contributed by atoms with van der Waals surface area (Å²) in [6.45, 7) is 5.77. The fraction of sp³-hybridized carbons (Fsp3) is 0.379. The number of aromatic nitrogens is 1. The Morgan fingerprint density at radius 2 is 2.00 bits per heavy atom. The zero-order chi connectivity index (χ0) is 30.1. The van der Waals surface area contributed by atoms with E-state index in [2.05, 4.69) is 21.7 Å².